The normalized spacial score (nSPS) is 20.6. The predicted octanol–water partition coefficient (Wildman–Crippen LogP) is 4.42. The molecule has 1 saturated carbocycles. The number of fused-ring (bicyclic) bond motifs is 7. The van der Waals surface area contributed by atoms with Gasteiger partial charge >= 0.3 is 0 Å². The number of benzene rings is 3. The molecule has 3 aromatic carbocycles. The van der Waals surface area contributed by atoms with Crippen LogP contribution >= 0.6 is 0 Å². The smallest absolute Gasteiger partial charge is 0.255 e. The van der Waals surface area contributed by atoms with Crippen LogP contribution in [0.5, 0.6) is 0 Å². The molecule has 3 amide bonds. The van der Waals surface area contributed by atoms with E-state index in [1.807, 2.05) is 72.8 Å². The van der Waals surface area contributed by atoms with E-state index in [1.165, 1.54) is 0 Å². The highest BCUT2D eigenvalue weighted by Gasteiger charge is 2.49. The van der Waals surface area contributed by atoms with E-state index in [2.05, 4.69) is 21.7 Å². The molecule has 7 heteroatoms. The maximum atomic E-state index is 14.2. The molecule has 3 aliphatic rings. The molecule has 1 aliphatic carbocycles. The van der Waals surface area contributed by atoms with Crippen LogP contribution in [0.15, 0.2) is 78.9 Å². The van der Waals surface area contributed by atoms with Crippen molar-refractivity contribution in [2.45, 2.75) is 62.7 Å². The lowest BCUT2D eigenvalue weighted by atomic mass is 9.89. The van der Waals surface area contributed by atoms with Gasteiger partial charge < -0.3 is 20.5 Å². The Morgan fingerprint density at radius 1 is 0.925 bits per heavy atom. The lowest BCUT2D eigenvalue weighted by molar-refractivity contribution is -0.132. The molecule has 40 heavy (non-hydrogen) atoms. The van der Waals surface area contributed by atoms with Crippen LogP contribution in [0.2, 0.25) is 0 Å². The molecule has 2 aliphatic heterocycles. The van der Waals surface area contributed by atoms with Crippen LogP contribution in [-0.2, 0) is 22.4 Å². The first-order chi connectivity index (χ1) is 19.6. The Morgan fingerprint density at radius 2 is 1.65 bits per heavy atom. The lowest BCUT2D eigenvalue weighted by Crippen LogP contribution is -2.57. The summed E-state index contributed by atoms with van der Waals surface area (Å²) in [4.78, 5) is 46.7. The summed E-state index contributed by atoms with van der Waals surface area (Å²) in [5.74, 6) is -0.620. The number of amides is 3. The third-order valence-corrected chi connectivity index (χ3v) is 8.77. The van der Waals surface area contributed by atoms with Crippen LogP contribution in [-0.4, -0.2) is 45.7 Å². The Bertz CT molecular complexity index is 1600. The maximum Gasteiger partial charge on any atom is 0.255 e. The van der Waals surface area contributed by atoms with Gasteiger partial charge in [-0.25, -0.2) is 0 Å². The molecule has 0 unspecified atom stereocenters. The average Bonchev–Trinajstić information content (AvgIpc) is 3.70. The molecule has 1 fully saturated rings. The van der Waals surface area contributed by atoms with Crippen LogP contribution in [0.3, 0.4) is 0 Å². The van der Waals surface area contributed by atoms with E-state index in [-0.39, 0.29) is 29.8 Å². The second-order valence-corrected chi connectivity index (χ2v) is 11.2. The first kappa shape index (κ1) is 24.6. The van der Waals surface area contributed by atoms with Gasteiger partial charge in [0.25, 0.3) is 5.91 Å². The molecule has 3 heterocycles. The summed E-state index contributed by atoms with van der Waals surface area (Å²) in [6.07, 6.45) is 4.90. The van der Waals surface area contributed by atoms with Crippen molar-refractivity contribution in [3.05, 3.63) is 107 Å². The minimum Gasteiger partial charge on any atom is -0.356 e. The topological polar surface area (TPSA) is 94.3 Å². The van der Waals surface area contributed by atoms with Crippen molar-refractivity contribution in [3.63, 3.8) is 0 Å². The Hall–Kier alpha value is -4.39. The van der Waals surface area contributed by atoms with E-state index < -0.39 is 12.1 Å². The number of aromatic nitrogens is 1. The Balaban J connectivity index is 1.24. The zero-order valence-corrected chi connectivity index (χ0v) is 22.2. The first-order valence-corrected chi connectivity index (χ1v) is 14.2. The zero-order chi connectivity index (χ0) is 27.2. The van der Waals surface area contributed by atoms with Crippen molar-refractivity contribution in [3.8, 4) is 0 Å². The molecule has 4 aromatic rings. The number of hydrogen-bond donors (Lipinski definition) is 3. The largest absolute Gasteiger partial charge is 0.356 e. The van der Waals surface area contributed by atoms with Gasteiger partial charge in [-0.3, -0.25) is 14.4 Å². The fourth-order valence-corrected chi connectivity index (χ4v) is 6.84. The number of H-pyrrole nitrogens is 1. The fraction of sp³-hybridized carbons (Fsp3) is 0.303. The van der Waals surface area contributed by atoms with E-state index in [0.29, 0.717) is 18.4 Å². The Morgan fingerprint density at radius 3 is 2.48 bits per heavy atom. The number of rotatable bonds is 6. The third kappa shape index (κ3) is 4.17. The van der Waals surface area contributed by atoms with E-state index >= 15 is 0 Å². The van der Waals surface area contributed by atoms with Gasteiger partial charge in [-0.15, -0.1) is 0 Å². The number of carbonyl (C=O) groups excluding carboxylic acids is 3. The highest BCUT2D eigenvalue weighted by Crippen LogP contribution is 2.46. The van der Waals surface area contributed by atoms with Crippen molar-refractivity contribution >= 4 is 28.6 Å². The van der Waals surface area contributed by atoms with Gasteiger partial charge in [0.15, 0.2) is 0 Å². The Labute approximate surface area is 233 Å². The average molecular weight is 533 g/mol. The number of nitrogens with zero attached hydrogens (tertiary/aromatic N) is 1. The second-order valence-electron chi connectivity index (χ2n) is 11.2. The number of hydrogen-bond acceptors (Lipinski definition) is 3. The fourth-order valence-electron chi connectivity index (χ4n) is 6.84. The van der Waals surface area contributed by atoms with Crippen molar-refractivity contribution in [2.75, 3.05) is 0 Å². The SMILES string of the molecule is O=C(NC1CCCC1)[C@H](Cc1ccccc1)NC(=O)[C@@H]1Cc2c([nH]c3ccccc23)[C@@H]2c3ccccc3C(=O)N21. The minimum absolute atomic E-state index is 0.144. The van der Waals surface area contributed by atoms with Crippen LogP contribution in [0, 0.1) is 0 Å². The van der Waals surface area contributed by atoms with Gasteiger partial charge in [-0.2, -0.15) is 0 Å². The molecular formula is C33H32N4O3. The summed E-state index contributed by atoms with van der Waals surface area (Å²) in [7, 11) is 0. The van der Waals surface area contributed by atoms with Crippen LogP contribution in [0.25, 0.3) is 10.9 Å². The number of para-hydroxylation sites is 1. The molecular weight excluding hydrogens is 500 g/mol. The highest BCUT2D eigenvalue weighted by atomic mass is 16.2. The van der Waals surface area contributed by atoms with Crippen molar-refractivity contribution in [2.24, 2.45) is 0 Å². The van der Waals surface area contributed by atoms with Crippen molar-refractivity contribution in [1.82, 2.24) is 20.5 Å². The lowest BCUT2D eigenvalue weighted by Gasteiger charge is -2.37. The van der Waals surface area contributed by atoms with Gasteiger partial charge in [0.1, 0.15) is 12.1 Å². The van der Waals surface area contributed by atoms with E-state index in [0.717, 1.165) is 59.0 Å². The molecule has 0 saturated heterocycles. The highest BCUT2D eigenvalue weighted by molar-refractivity contribution is 6.04. The summed E-state index contributed by atoms with van der Waals surface area (Å²) < 4.78 is 0. The molecule has 7 nitrogen and oxygen atoms in total. The van der Waals surface area contributed by atoms with Gasteiger partial charge in [0, 0.05) is 41.0 Å². The van der Waals surface area contributed by atoms with E-state index in [4.69, 9.17) is 0 Å². The molecule has 0 bridgehead atoms. The molecule has 0 spiro atoms. The van der Waals surface area contributed by atoms with Gasteiger partial charge in [0.2, 0.25) is 11.8 Å². The van der Waals surface area contributed by atoms with E-state index in [1.54, 1.807) is 4.90 Å². The third-order valence-electron chi connectivity index (χ3n) is 8.77. The van der Waals surface area contributed by atoms with Gasteiger partial charge in [-0.1, -0.05) is 79.6 Å². The zero-order valence-electron chi connectivity index (χ0n) is 22.2. The van der Waals surface area contributed by atoms with Crippen LogP contribution < -0.4 is 10.6 Å². The quantitative estimate of drug-likeness (QED) is 0.343. The summed E-state index contributed by atoms with van der Waals surface area (Å²) in [5.41, 5.74) is 5.50. The van der Waals surface area contributed by atoms with Gasteiger partial charge in [0.05, 0.1) is 6.04 Å². The number of carbonyl (C=O) groups is 3. The molecule has 1 aromatic heterocycles. The molecule has 7 rings (SSSR count). The predicted molar refractivity (Wildman–Crippen MR) is 153 cm³/mol. The Kier molecular flexibility index (Phi) is 6.14. The maximum absolute atomic E-state index is 14.2. The molecule has 202 valence electrons. The minimum atomic E-state index is -0.742. The standard InChI is InChI=1S/C33H32N4O3/c38-31(34-21-12-4-5-13-21)27(18-20-10-2-1-3-11-20)36-32(39)28-19-25-22-14-8-9-17-26(22)35-29(25)30-23-15-6-7-16-24(23)33(40)37(28)30/h1-3,6-11,14-17,21,27-28,30,35H,4-5,12-13,18-19H2,(H,34,38)(H,36,39)/t27-,28-,30-/m0/s1. The summed E-state index contributed by atoms with van der Waals surface area (Å²) in [6, 6.07) is 23.7. The van der Waals surface area contributed by atoms with Crippen LogP contribution in [0.4, 0.5) is 0 Å². The summed E-state index contributed by atoms with van der Waals surface area (Å²) in [6.45, 7) is 0. The second kappa shape index (κ2) is 9.97. The summed E-state index contributed by atoms with van der Waals surface area (Å²) >= 11 is 0. The molecule has 3 atom stereocenters. The monoisotopic (exact) mass is 532 g/mol. The van der Waals surface area contributed by atoms with Crippen molar-refractivity contribution in [1.29, 1.82) is 0 Å². The molecule has 0 radical (unpaired) electrons. The van der Waals surface area contributed by atoms with Crippen LogP contribution in [0.1, 0.15) is 64.5 Å². The number of aromatic amines is 1. The summed E-state index contributed by atoms with van der Waals surface area (Å²) in [5, 5.41) is 7.32. The van der Waals surface area contributed by atoms with E-state index in [9.17, 15) is 14.4 Å². The first-order valence-electron chi connectivity index (χ1n) is 14.2. The van der Waals surface area contributed by atoms with Gasteiger partial charge in [-0.05, 0) is 41.7 Å². The number of nitrogens with one attached hydrogen (secondary N) is 3. The van der Waals surface area contributed by atoms with Crippen molar-refractivity contribution < 1.29 is 14.4 Å². The molecule has 3 N–H and O–H groups in total.